The Morgan fingerprint density at radius 1 is 1.35 bits per heavy atom. The van der Waals surface area contributed by atoms with Crippen molar-refractivity contribution < 1.29 is 9.90 Å². The van der Waals surface area contributed by atoms with E-state index in [9.17, 15) is 9.90 Å². The highest BCUT2D eigenvalue weighted by molar-refractivity contribution is 5.93. The number of aliphatic hydroxyl groups is 1. The average molecular weight is 271 g/mol. The van der Waals surface area contributed by atoms with Gasteiger partial charge in [-0.2, -0.15) is 5.10 Å². The number of β-amino-alcohol motifs (C(OH)–C–C–N with tert-alkyl or cyclic N) is 1. The van der Waals surface area contributed by atoms with Crippen molar-refractivity contribution >= 4 is 5.91 Å². The molecule has 0 radical (unpaired) electrons. The molecule has 0 bridgehead atoms. The molecule has 3 rings (SSSR count). The summed E-state index contributed by atoms with van der Waals surface area (Å²) in [4.78, 5) is 13.9. The van der Waals surface area contributed by atoms with Crippen LogP contribution in [0.15, 0.2) is 42.7 Å². The molecule has 104 valence electrons. The zero-order chi connectivity index (χ0) is 13.9. The van der Waals surface area contributed by atoms with Gasteiger partial charge in [0, 0.05) is 19.3 Å². The highest BCUT2D eigenvalue weighted by atomic mass is 16.3. The van der Waals surface area contributed by atoms with Crippen LogP contribution in [0, 0.1) is 0 Å². The minimum Gasteiger partial charge on any atom is -0.391 e. The van der Waals surface area contributed by atoms with Crippen molar-refractivity contribution in [3.8, 4) is 0 Å². The minimum absolute atomic E-state index is 0.0548. The molecule has 0 saturated carbocycles. The summed E-state index contributed by atoms with van der Waals surface area (Å²) in [6.07, 6.45) is 3.62. The number of rotatable bonds is 3. The van der Waals surface area contributed by atoms with E-state index in [2.05, 4.69) is 5.10 Å². The maximum absolute atomic E-state index is 12.2. The smallest absolute Gasteiger partial charge is 0.257 e. The number of carbonyl (C=O) groups is 1. The summed E-state index contributed by atoms with van der Waals surface area (Å²) in [5, 5.41) is 13.7. The van der Waals surface area contributed by atoms with Crippen LogP contribution in [-0.4, -0.2) is 44.9 Å². The number of likely N-dealkylation sites (tertiary alicyclic amines) is 1. The van der Waals surface area contributed by atoms with Gasteiger partial charge in [-0.1, -0.05) is 30.3 Å². The maximum atomic E-state index is 12.2. The largest absolute Gasteiger partial charge is 0.391 e. The number of hydrogen-bond acceptors (Lipinski definition) is 3. The number of nitrogens with zero attached hydrogens (tertiary/aromatic N) is 3. The molecule has 0 spiro atoms. The van der Waals surface area contributed by atoms with E-state index in [1.165, 1.54) is 0 Å². The first-order chi connectivity index (χ1) is 9.72. The molecule has 0 aliphatic carbocycles. The lowest BCUT2D eigenvalue weighted by Gasteiger charge is -2.13. The van der Waals surface area contributed by atoms with Gasteiger partial charge in [0.25, 0.3) is 5.91 Å². The van der Waals surface area contributed by atoms with Crippen LogP contribution in [-0.2, 0) is 6.54 Å². The van der Waals surface area contributed by atoms with Crippen LogP contribution in [0.25, 0.3) is 0 Å². The molecular weight excluding hydrogens is 254 g/mol. The Balaban J connectivity index is 1.69. The number of hydrogen-bond donors (Lipinski definition) is 1. The van der Waals surface area contributed by atoms with Crippen LogP contribution in [0.4, 0.5) is 0 Å². The highest BCUT2D eigenvalue weighted by Gasteiger charge is 2.26. The van der Waals surface area contributed by atoms with Gasteiger partial charge in [-0.15, -0.1) is 0 Å². The first-order valence-corrected chi connectivity index (χ1v) is 6.76. The second kappa shape index (κ2) is 5.46. The van der Waals surface area contributed by atoms with E-state index < -0.39 is 6.10 Å². The van der Waals surface area contributed by atoms with Gasteiger partial charge in [-0.25, -0.2) is 0 Å². The summed E-state index contributed by atoms with van der Waals surface area (Å²) in [6, 6.07) is 9.99. The Labute approximate surface area is 117 Å². The summed E-state index contributed by atoms with van der Waals surface area (Å²) in [7, 11) is 0. The zero-order valence-corrected chi connectivity index (χ0v) is 11.1. The Bertz CT molecular complexity index is 594. The molecule has 1 fully saturated rings. The molecule has 2 heterocycles. The fourth-order valence-electron chi connectivity index (χ4n) is 2.44. The normalized spacial score (nSPS) is 18.4. The lowest BCUT2D eigenvalue weighted by molar-refractivity contribution is 0.0765. The van der Waals surface area contributed by atoms with Crippen molar-refractivity contribution in [1.82, 2.24) is 14.7 Å². The van der Waals surface area contributed by atoms with Gasteiger partial charge < -0.3 is 10.0 Å². The summed E-state index contributed by atoms with van der Waals surface area (Å²) < 4.78 is 1.76. The fraction of sp³-hybridized carbons (Fsp3) is 0.333. The third kappa shape index (κ3) is 2.72. The third-order valence-corrected chi connectivity index (χ3v) is 3.52. The second-order valence-electron chi connectivity index (χ2n) is 5.11. The van der Waals surface area contributed by atoms with Crippen molar-refractivity contribution in [1.29, 1.82) is 0 Å². The van der Waals surface area contributed by atoms with Crippen LogP contribution in [0.3, 0.4) is 0 Å². The van der Waals surface area contributed by atoms with Crippen molar-refractivity contribution in [2.24, 2.45) is 0 Å². The van der Waals surface area contributed by atoms with Crippen LogP contribution in [0.1, 0.15) is 22.3 Å². The number of aliphatic hydroxyl groups excluding tert-OH is 1. The van der Waals surface area contributed by atoms with E-state index in [-0.39, 0.29) is 5.91 Å². The zero-order valence-electron chi connectivity index (χ0n) is 11.1. The van der Waals surface area contributed by atoms with Crippen LogP contribution >= 0.6 is 0 Å². The minimum atomic E-state index is -0.390. The van der Waals surface area contributed by atoms with Gasteiger partial charge in [0.15, 0.2) is 0 Å². The first kappa shape index (κ1) is 12.9. The lowest BCUT2D eigenvalue weighted by atomic mass is 10.2. The van der Waals surface area contributed by atoms with Gasteiger partial charge in [-0.3, -0.25) is 9.48 Å². The molecule has 0 unspecified atom stereocenters. The van der Waals surface area contributed by atoms with Gasteiger partial charge in [-0.05, 0) is 12.0 Å². The topological polar surface area (TPSA) is 58.4 Å². The average Bonchev–Trinajstić information content (AvgIpc) is 3.08. The number of aromatic nitrogens is 2. The van der Waals surface area contributed by atoms with Crippen molar-refractivity contribution in [2.45, 2.75) is 19.1 Å². The standard InChI is InChI=1S/C15H17N3O2/c19-14-6-7-17(11-14)15(20)13-8-16-18(10-13)9-12-4-2-1-3-5-12/h1-5,8,10,14,19H,6-7,9,11H2/t14-/m1/s1. The molecule has 1 saturated heterocycles. The molecule has 1 atom stereocenters. The van der Waals surface area contributed by atoms with E-state index in [0.717, 1.165) is 5.56 Å². The Morgan fingerprint density at radius 2 is 2.15 bits per heavy atom. The highest BCUT2D eigenvalue weighted by Crippen LogP contribution is 2.13. The first-order valence-electron chi connectivity index (χ1n) is 6.76. The monoisotopic (exact) mass is 271 g/mol. The van der Waals surface area contributed by atoms with E-state index >= 15 is 0 Å². The predicted octanol–water partition coefficient (Wildman–Crippen LogP) is 1.14. The molecule has 5 nitrogen and oxygen atoms in total. The Morgan fingerprint density at radius 3 is 2.85 bits per heavy atom. The fourth-order valence-corrected chi connectivity index (χ4v) is 2.44. The van der Waals surface area contributed by atoms with Crippen molar-refractivity contribution in [2.75, 3.05) is 13.1 Å². The Hall–Kier alpha value is -2.14. The molecule has 1 aromatic carbocycles. The second-order valence-corrected chi connectivity index (χ2v) is 5.11. The van der Waals surface area contributed by atoms with Gasteiger partial charge in [0.05, 0.1) is 24.4 Å². The van der Waals surface area contributed by atoms with Gasteiger partial charge in [0.2, 0.25) is 0 Å². The quantitative estimate of drug-likeness (QED) is 0.910. The molecule has 2 aromatic rings. The lowest BCUT2D eigenvalue weighted by Crippen LogP contribution is -2.29. The molecule has 1 aliphatic heterocycles. The van der Waals surface area contributed by atoms with E-state index in [1.807, 2.05) is 30.3 Å². The number of amides is 1. The van der Waals surface area contributed by atoms with Gasteiger partial charge in [0.1, 0.15) is 0 Å². The van der Waals surface area contributed by atoms with Crippen LogP contribution < -0.4 is 0 Å². The van der Waals surface area contributed by atoms with E-state index in [1.54, 1.807) is 22.0 Å². The number of benzene rings is 1. The molecule has 1 aromatic heterocycles. The molecule has 1 N–H and O–H groups in total. The molecular formula is C15H17N3O2. The molecule has 1 aliphatic rings. The SMILES string of the molecule is O=C(c1cnn(Cc2ccccc2)c1)N1CC[C@@H](O)C1. The summed E-state index contributed by atoms with van der Waals surface area (Å²) in [5.74, 6) is -0.0548. The summed E-state index contributed by atoms with van der Waals surface area (Å²) in [5.41, 5.74) is 1.72. The van der Waals surface area contributed by atoms with E-state index in [0.29, 0.717) is 31.6 Å². The van der Waals surface area contributed by atoms with E-state index in [4.69, 9.17) is 0 Å². The third-order valence-electron chi connectivity index (χ3n) is 3.52. The summed E-state index contributed by atoms with van der Waals surface area (Å²) >= 11 is 0. The van der Waals surface area contributed by atoms with Crippen LogP contribution in [0.5, 0.6) is 0 Å². The van der Waals surface area contributed by atoms with Crippen molar-refractivity contribution in [3.05, 3.63) is 53.9 Å². The van der Waals surface area contributed by atoms with Gasteiger partial charge >= 0.3 is 0 Å². The van der Waals surface area contributed by atoms with Crippen molar-refractivity contribution in [3.63, 3.8) is 0 Å². The molecule has 1 amide bonds. The number of carbonyl (C=O) groups excluding carboxylic acids is 1. The molecule has 5 heteroatoms. The predicted molar refractivity (Wildman–Crippen MR) is 74.3 cm³/mol. The molecule has 20 heavy (non-hydrogen) atoms. The maximum Gasteiger partial charge on any atom is 0.257 e. The van der Waals surface area contributed by atoms with Crippen LogP contribution in [0.2, 0.25) is 0 Å². The summed E-state index contributed by atoms with van der Waals surface area (Å²) in [6.45, 7) is 1.68. The Kier molecular flexibility index (Phi) is 3.52.